The van der Waals surface area contributed by atoms with Gasteiger partial charge in [-0.15, -0.1) is 0 Å². The van der Waals surface area contributed by atoms with Gasteiger partial charge in [0, 0.05) is 6.20 Å². The minimum atomic E-state index is 0.294. The summed E-state index contributed by atoms with van der Waals surface area (Å²) in [7, 11) is 0. The predicted octanol–water partition coefficient (Wildman–Crippen LogP) is 3.01. The summed E-state index contributed by atoms with van der Waals surface area (Å²) >= 11 is 0. The predicted molar refractivity (Wildman–Crippen MR) is 68.1 cm³/mol. The molecule has 4 heteroatoms. The molecule has 0 atom stereocenters. The zero-order chi connectivity index (χ0) is 13.1. The van der Waals surface area contributed by atoms with E-state index in [4.69, 9.17) is 4.74 Å². The molecule has 1 heterocycles. The highest BCUT2D eigenvalue weighted by Gasteiger charge is 2.08. The van der Waals surface area contributed by atoms with E-state index in [9.17, 15) is 4.79 Å². The molecule has 0 aliphatic carbocycles. The monoisotopic (exact) mass is 242 g/mol. The van der Waals surface area contributed by atoms with Crippen LogP contribution >= 0.6 is 0 Å². The molecule has 92 valence electrons. The van der Waals surface area contributed by atoms with Crippen molar-refractivity contribution >= 4 is 6.29 Å². The second-order valence-electron chi connectivity index (χ2n) is 4.22. The van der Waals surface area contributed by atoms with Gasteiger partial charge >= 0.3 is 0 Å². The van der Waals surface area contributed by atoms with E-state index < -0.39 is 0 Å². The van der Waals surface area contributed by atoms with Crippen molar-refractivity contribution in [2.24, 2.45) is 0 Å². The first-order chi connectivity index (χ1) is 8.58. The molecular weight excluding hydrogens is 228 g/mol. The lowest BCUT2D eigenvalue weighted by Gasteiger charge is -2.08. The summed E-state index contributed by atoms with van der Waals surface area (Å²) in [5, 5.41) is 0. The Balaban J connectivity index is 2.38. The van der Waals surface area contributed by atoms with Crippen LogP contribution in [0.5, 0.6) is 11.6 Å². The molecule has 0 radical (unpaired) electrons. The van der Waals surface area contributed by atoms with Crippen molar-refractivity contribution in [2.45, 2.75) is 20.8 Å². The number of aromatic nitrogens is 2. The minimum Gasteiger partial charge on any atom is -0.438 e. The van der Waals surface area contributed by atoms with E-state index in [-0.39, 0.29) is 0 Å². The van der Waals surface area contributed by atoms with Crippen molar-refractivity contribution in [3.63, 3.8) is 0 Å². The van der Waals surface area contributed by atoms with Gasteiger partial charge in [0.25, 0.3) is 0 Å². The van der Waals surface area contributed by atoms with Crippen LogP contribution in [0.3, 0.4) is 0 Å². The SMILES string of the molecule is Cc1cc(C)cc(Oc2nc(C)ncc2C=O)c1. The van der Waals surface area contributed by atoms with E-state index in [0.29, 0.717) is 29.3 Å². The molecule has 0 fully saturated rings. The summed E-state index contributed by atoms with van der Waals surface area (Å²) in [6.07, 6.45) is 2.16. The van der Waals surface area contributed by atoms with Crippen molar-refractivity contribution in [1.29, 1.82) is 0 Å². The van der Waals surface area contributed by atoms with Gasteiger partial charge in [0.2, 0.25) is 5.88 Å². The summed E-state index contributed by atoms with van der Waals surface area (Å²) in [5.41, 5.74) is 2.55. The normalized spacial score (nSPS) is 10.2. The van der Waals surface area contributed by atoms with Crippen LogP contribution in [0.1, 0.15) is 27.3 Å². The average molecular weight is 242 g/mol. The first-order valence-electron chi connectivity index (χ1n) is 5.63. The van der Waals surface area contributed by atoms with Crippen LogP contribution in [-0.4, -0.2) is 16.3 Å². The third kappa shape index (κ3) is 2.71. The lowest BCUT2D eigenvalue weighted by Crippen LogP contribution is -1.98. The van der Waals surface area contributed by atoms with Crippen molar-refractivity contribution < 1.29 is 9.53 Å². The molecule has 18 heavy (non-hydrogen) atoms. The Labute approximate surface area is 106 Å². The minimum absolute atomic E-state index is 0.294. The average Bonchev–Trinajstić information content (AvgIpc) is 2.27. The highest BCUT2D eigenvalue weighted by Crippen LogP contribution is 2.24. The summed E-state index contributed by atoms with van der Waals surface area (Å²) in [6.45, 7) is 5.74. The van der Waals surface area contributed by atoms with Gasteiger partial charge in [0.1, 0.15) is 11.6 Å². The van der Waals surface area contributed by atoms with Crippen LogP contribution in [0.25, 0.3) is 0 Å². The van der Waals surface area contributed by atoms with E-state index >= 15 is 0 Å². The Bertz CT molecular complexity index is 574. The molecule has 0 saturated carbocycles. The molecule has 4 nitrogen and oxygen atoms in total. The first kappa shape index (κ1) is 12.2. The third-order valence-electron chi connectivity index (χ3n) is 2.44. The molecule has 0 unspecified atom stereocenters. The highest BCUT2D eigenvalue weighted by molar-refractivity contribution is 5.77. The number of benzene rings is 1. The fourth-order valence-electron chi connectivity index (χ4n) is 1.72. The topological polar surface area (TPSA) is 52.1 Å². The molecule has 1 aromatic carbocycles. The van der Waals surface area contributed by atoms with Crippen LogP contribution < -0.4 is 4.74 Å². The fourth-order valence-corrected chi connectivity index (χ4v) is 1.72. The van der Waals surface area contributed by atoms with Crippen molar-refractivity contribution in [2.75, 3.05) is 0 Å². The summed E-state index contributed by atoms with van der Waals surface area (Å²) in [4.78, 5) is 19.0. The Morgan fingerprint density at radius 3 is 2.39 bits per heavy atom. The van der Waals surface area contributed by atoms with Gasteiger partial charge in [-0.25, -0.2) is 4.98 Å². The Kier molecular flexibility index (Phi) is 3.37. The molecule has 0 saturated heterocycles. The van der Waals surface area contributed by atoms with E-state index in [1.807, 2.05) is 26.0 Å². The maximum atomic E-state index is 10.9. The van der Waals surface area contributed by atoms with E-state index in [1.54, 1.807) is 6.92 Å². The Hall–Kier alpha value is -2.23. The maximum absolute atomic E-state index is 10.9. The molecule has 0 N–H and O–H groups in total. The van der Waals surface area contributed by atoms with Gasteiger partial charge in [-0.1, -0.05) is 6.07 Å². The van der Waals surface area contributed by atoms with Gasteiger partial charge < -0.3 is 4.74 Å². The number of carbonyl (C=O) groups is 1. The quantitative estimate of drug-likeness (QED) is 0.776. The third-order valence-corrected chi connectivity index (χ3v) is 2.44. The van der Waals surface area contributed by atoms with Crippen LogP contribution in [0.2, 0.25) is 0 Å². The summed E-state index contributed by atoms with van der Waals surface area (Å²) in [5.74, 6) is 1.54. The zero-order valence-electron chi connectivity index (χ0n) is 10.6. The van der Waals surface area contributed by atoms with Gasteiger partial charge in [-0.2, -0.15) is 4.98 Å². The number of hydrogen-bond acceptors (Lipinski definition) is 4. The van der Waals surface area contributed by atoms with Gasteiger partial charge in [0.05, 0.1) is 5.56 Å². The number of aryl methyl sites for hydroxylation is 3. The Morgan fingerprint density at radius 1 is 1.11 bits per heavy atom. The molecular formula is C14H14N2O2. The molecule has 0 amide bonds. The molecule has 2 aromatic rings. The summed E-state index contributed by atoms with van der Waals surface area (Å²) < 4.78 is 5.66. The number of nitrogens with zero attached hydrogens (tertiary/aromatic N) is 2. The van der Waals surface area contributed by atoms with Gasteiger partial charge in [-0.3, -0.25) is 4.79 Å². The highest BCUT2D eigenvalue weighted by atomic mass is 16.5. The number of ether oxygens (including phenoxy) is 1. The molecule has 0 spiro atoms. The van der Waals surface area contributed by atoms with Crippen LogP contribution in [-0.2, 0) is 0 Å². The standard InChI is InChI=1S/C14H14N2O2/c1-9-4-10(2)6-13(5-9)18-14-12(8-17)7-15-11(3)16-14/h4-8H,1-3H3. The van der Waals surface area contributed by atoms with Crippen LogP contribution in [0.4, 0.5) is 0 Å². The van der Waals surface area contributed by atoms with E-state index in [2.05, 4.69) is 16.0 Å². The second-order valence-corrected chi connectivity index (χ2v) is 4.22. The van der Waals surface area contributed by atoms with E-state index in [1.165, 1.54) is 6.20 Å². The first-order valence-corrected chi connectivity index (χ1v) is 5.63. The zero-order valence-corrected chi connectivity index (χ0v) is 10.6. The number of carbonyl (C=O) groups excluding carboxylic acids is 1. The molecule has 2 rings (SSSR count). The second kappa shape index (κ2) is 4.96. The van der Waals surface area contributed by atoms with Crippen molar-refractivity contribution in [3.05, 3.63) is 46.9 Å². The molecule has 0 bridgehead atoms. The number of rotatable bonds is 3. The van der Waals surface area contributed by atoms with Crippen molar-refractivity contribution in [1.82, 2.24) is 9.97 Å². The molecule has 1 aromatic heterocycles. The summed E-state index contributed by atoms with van der Waals surface area (Å²) in [6, 6.07) is 5.86. The fraction of sp³-hybridized carbons (Fsp3) is 0.214. The maximum Gasteiger partial charge on any atom is 0.233 e. The van der Waals surface area contributed by atoms with Crippen LogP contribution in [0.15, 0.2) is 24.4 Å². The largest absolute Gasteiger partial charge is 0.438 e. The number of hydrogen-bond donors (Lipinski definition) is 0. The van der Waals surface area contributed by atoms with E-state index in [0.717, 1.165) is 11.1 Å². The van der Waals surface area contributed by atoms with Gasteiger partial charge in [0.15, 0.2) is 6.29 Å². The smallest absolute Gasteiger partial charge is 0.233 e. The Morgan fingerprint density at radius 2 is 1.78 bits per heavy atom. The lowest BCUT2D eigenvalue weighted by atomic mass is 10.1. The van der Waals surface area contributed by atoms with Crippen LogP contribution in [0, 0.1) is 20.8 Å². The molecule has 0 aliphatic heterocycles. The van der Waals surface area contributed by atoms with Crippen molar-refractivity contribution in [3.8, 4) is 11.6 Å². The number of aldehydes is 1. The molecule has 0 aliphatic rings. The van der Waals surface area contributed by atoms with Gasteiger partial charge in [-0.05, 0) is 44.0 Å². The lowest BCUT2D eigenvalue weighted by molar-refractivity contribution is 0.112.